The van der Waals surface area contributed by atoms with E-state index in [0.29, 0.717) is 6.61 Å². The first-order valence-electron chi connectivity index (χ1n) is 4.48. The van der Waals surface area contributed by atoms with E-state index in [2.05, 4.69) is 9.99 Å². The highest BCUT2D eigenvalue weighted by Gasteiger charge is 2.08. The molecule has 0 fully saturated rings. The molecule has 0 spiro atoms. The minimum absolute atomic E-state index is 0.504. The molecule has 0 bridgehead atoms. The van der Waals surface area contributed by atoms with Crippen LogP contribution in [0.4, 0.5) is 0 Å². The van der Waals surface area contributed by atoms with Crippen LogP contribution in [-0.2, 0) is 11.3 Å². The zero-order valence-electron chi connectivity index (χ0n) is 7.99. The van der Waals surface area contributed by atoms with E-state index in [1.54, 1.807) is 0 Å². The third-order valence-electron chi connectivity index (χ3n) is 2.24. The zero-order valence-corrected chi connectivity index (χ0v) is 7.99. The molecule has 0 atom stereocenters. The van der Waals surface area contributed by atoms with Crippen molar-refractivity contribution in [1.29, 1.82) is 0 Å². The topological polar surface area (TPSA) is 61.3 Å². The van der Waals surface area contributed by atoms with Gasteiger partial charge < -0.3 is 9.36 Å². The Morgan fingerprint density at radius 1 is 1.50 bits per heavy atom. The summed E-state index contributed by atoms with van der Waals surface area (Å²) in [5, 5.41) is 4.99. The van der Waals surface area contributed by atoms with Crippen LogP contribution >= 0.6 is 0 Å². The van der Waals surface area contributed by atoms with E-state index in [1.807, 2.05) is 25.1 Å². The van der Waals surface area contributed by atoms with Crippen LogP contribution in [0.3, 0.4) is 0 Å². The molecule has 0 aliphatic carbocycles. The zero-order chi connectivity index (χ0) is 9.97. The predicted molar refractivity (Wildman–Crippen MR) is 52.6 cm³/mol. The number of aromatic nitrogens is 1. The smallest absolute Gasteiger partial charge is 0.167 e. The Labute approximate surface area is 81.6 Å². The molecule has 2 aromatic rings. The molecule has 0 unspecified atom stereocenters. The molecule has 4 heteroatoms. The SMILES string of the molecule is Cc1noc2cccc(CCON)c12. The number of nitrogens with zero attached hydrogens (tertiary/aromatic N) is 1. The van der Waals surface area contributed by atoms with Gasteiger partial charge in [0.25, 0.3) is 0 Å². The second-order valence-corrected chi connectivity index (χ2v) is 3.18. The van der Waals surface area contributed by atoms with Gasteiger partial charge in [0.05, 0.1) is 12.3 Å². The number of aryl methyl sites for hydroxylation is 1. The maximum Gasteiger partial charge on any atom is 0.167 e. The second kappa shape index (κ2) is 3.77. The van der Waals surface area contributed by atoms with Crippen LogP contribution in [0, 0.1) is 6.92 Å². The molecular formula is C10H12N2O2. The number of hydrogen-bond donors (Lipinski definition) is 1. The van der Waals surface area contributed by atoms with Gasteiger partial charge in [-0.1, -0.05) is 17.3 Å². The summed E-state index contributed by atoms with van der Waals surface area (Å²) in [5.74, 6) is 4.99. The van der Waals surface area contributed by atoms with Gasteiger partial charge in [0, 0.05) is 5.39 Å². The molecule has 14 heavy (non-hydrogen) atoms. The Hall–Kier alpha value is -1.39. The fraction of sp³-hybridized carbons (Fsp3) is 0.300. The molecule has 1 heterocycles. The number of fused-ring (bicyclic) bond motifs is 1. The van der Waals surface area contributed by atoms with E-state index in [4.69, 9.17) is 10.4 Å². The van der Waals surface area contributed by atoms with Crippen molar-refractivity contribution in [3.8, 4) is 0 Å². The first-order chi connectivity index (χ1) is 6.83. The first-order valence-corrected chi connectivity index (χ1v) is 4.48. The molecule has 0 saturated carbocycles. The highest BCUT2D eigenvalue weighted by atomic mass is 16.6. The van der Waals surface area contributed by atoms with Crippen molar-refractivity contribution in [1.82, 2.24) is 5.16 Å². The maximum absolute atomic E-state index is 5.15. The van der Waals surface area contributed by atoms with Crippen molar-refractivity contribution >= 4 is 11.0 Å². The van der Waals surface area contributed by atoms with Gasteiger partial charge in [0.15, 0.2) is 5.58 Å². The molecule has 0 radical (unpaired) electrons. The van der Waals surface area contributed by atoms with Gasteiger partial charge in [0.1, 0.15) is 0 Å². The molecule has 0 aliphatic rings. The lowest BCUT2D eigenvalue weighted by Crippen LogP contribution is -2.03. The minimum Gasteiger partial charge on any atom is -0.356 e. The van der Waals surface area contributed by atoms with E-state index in [-0.39, 0.29) is 0 Å². The van der Waals surface area contributed by atoms with E-state index in [9.17, 15) is 0 Å². The summed E-state index contributed by atoms with van der Waals surface area (Å²) in [6, 6.07) is 5.88. The average molecular weight is 192 g/mol. The Morgan fingerprint density at radius 2 is 2.36 bits per heavy atom. The summed E-state index contributed by atoms with van der Waals surface area (Å²) >= 11 is 0. The molecule has 1 aromatic heterocycles. The molecular weight excluding hydrogens is 180 g/mol. The van der Waals surface area contributed by atoms with E-state index < -0.39 is 0 Å². The largest absolute Gasteiger partial charge is 0.356 e. The second-order valence-electron chi connectivity index (χ2n) is 3.18. The summed E-state index contributed by atoms with van der Waals surface area (Å²) in [4.78, 5) is 4.56. The fourth-order valence-electron chi connectivity index (χ4n) is 1.60. The molecule has 0 saturated heterocycles. The van der Waals surface area contributed by atoms with E-state index in [1.165, 1.54) is 0 Å². The van der Waals surface area contributed by atoms with Crippen LogP contribution in [0.1, 0.15) is 11.3 Å². The summed E-state index contributed by atoms with van der Waals surface area (Å²) < 4.78 is 5.15. The number of nitrogens with two attached hydrogens (primary N) is 1. The predicted octanol–water partition coefficient (Wildman–Crippen LogP) is 1.57. The summed E-state index contributed by atoms with van der Waals surface area (Å²) in [6.45, 7) is 2.43. The monoisotopic (exact) mass is 192 g/mol. The lowest BCUT2D eigenvalue weighted by atomic mass is 10.1. The highest BCUT2D eigenvalue weighted by Crippen LogP contribution is 2.22. The Bertz CT molecular complexity index is 437. The normalized spacial score (nSPS) is 11.0. The van der Waals surface area contributed by atoms with Crippen LogP contribution in [0.5, 0.6) is 0 Å². The molecule has 1 aromatic carbocycles. The van der Waals surface area contributed by atoms with Crippen molar-refractivity contribution in [2.24, 2.45) is 5.90 Å². The summed E-state index contributed by atoms with van der Waals surface area (Å²) in [5.41, 5.74) is 2.89. The van der Waals surface area contributed by atoms with Crippen molar-refractivity contribution in [2.75, 3.05) is 6.61 Å². The molecule has 0 amide bonds. The van der Waals surface area contributed by atoms with Gasteiger partial charge in [-0.25, -0.2) is 5.90 Å². The number of rotatable bonds is 3. The van der Waals surface area contributed by atoms with Crippen LogP contribution in [0.15, 0.2) is 22.7 Å². The van der Waals surface area contributed by atoms with Crippen LogP contribution < -0.4 is 5.90 Å². The fourth-order valence-corrected chi connectivity index (χ4v) is 1.60. The van der Waals surface area contributed by atoms with Crippen LogP contribution in [0.2, 0.25) is 0 Å². The van der Waals surface area contributed by atoms with Crippen molar-refractivity contribution in [3.05, 3.63) is 29.5 Å². The van der Waals surface area contributed by atoms with E-state index in [0.717, 1.165) is 28.6 Å². The molecule has 0 aliphatic heterocycles. The quantitative estimate of drug-likeness (QED) is 0.750. The molecule has 74 valence electrons. The Morgan fingerprint density at radius 3 is 3.14 bits per heavy atom. The van der Waals surface area contributed by atoms with Crippen LogP contribution in [0.25, 0.3) is 11.0 Å². The lowest BCUT2D eigenvalue weighted by Gasteiger charge is -2.00. The first kappa shape index (κ1) is 9.18. The summed E-state index contributed by atoms with van der Waals surface area (Å²) in [6.07, 6.45) is 0.774. The number of hydrogen-bond acceptors (Lipinski definition) is 4. The molecule has 2 N–H and O–H groups in total. The number of benzene rings is 1. The maximum atomic E-state index is 5.15. The minimum atomic E-state index is 0.504. The average Bonchev–Trinajstić information content (AvgIpc) is 2.58. The van der Waals surface area contributed by atoms with Crippen molar-refractivity contribution in [3.63, 3.8) is 0 Å². The summed E-state index contributed by atoms with van der Waals surface area (Å²) in [7, 11) is 0. The van der Waals surface area contributed by atoms with E-state index >= 15 is 0 Å². The highest BCUT2D eigenvalue weighted by molar-refractivity contribution is 5.82. The molecule has 4 nitrogen and oxygen atoms in total. The van der Waals surface area contributed by atoms with Crippen molar-refractivity contribution in [2.45, 2.75) is 13.3 Å². The van der Waals surface area contributed by atoms with Gasteiger partial charge in [-0.3, -0.25) is 0 Å². The van der Waals surface area contributed by atoms with Crippen LogP contribution in [-0.4, -0.2) is 11.8 Å². The third-order valence-corrected chi connectivity index (χ3v) is 2.24. The van der Waals surface area contributed by atoms with Gasteiger partial charge in [-0.15, -0.1) is 0 Å². The molecule has 2 rings (SSSR count). The van der Waals surface area contributed by atoms with Gasteiger partial charge in [-0.2, -0.15) is 0 Å². The van der Waals surface area contributed by atoms with Gasteiger partial charge >= 0.3 is 0 Å². The Kier molecular flexibility index (Phi) is 2.47. The standard InChI is InChI=1S/C10H12N2O2/c1-7-10-8(5-6-13-11)3-2-4-9(10)14-12-7/h2-4H,5-6,11H2,1H3. The lowest BCUT2D eigenvalue weighted by molar-refractivity contribution is 0.141. The van der Waals surface area contributed by atoms with Gasteiger partial charge in [0.2, 0.25) is 0 Å². The van der Waals surface area contributed by atoms with Crippen molar-refractivity contribution < 1.29 is 9.36 Å². The Balaban J connectivity index is 2.46. The van der Waals surface area contributed by atoms with Gasteiger partial charge in [-0.05, 0) is 25.0 Å². The third kappa shape index (κ3) is 1.49.